The maximum Gasteiger partial charge on any atom is 0.573 e. The normalized spacial score (nSPS) is 13.3. The molecule has 0 aliphatic rings. The number of aliphatic hydroxyl groups excluding tert-OH is 1. The SMILES string of the molecule is OC(c1cscn1)c1ccccc1OC(F)(F)F. The van der Waals surface area contributed by atoms with Crippen molar-refractivity contribution in [1.82, 2.24) is 4.98 Å². The molecule has 1 aromatic heterocycles. The van der Waals surface area contributed by atoms with Crippen LogP contribution in [0.25, 0.3) is 0 Å². The van der Waals surface area contributed by atoms with Crippen LogP contribution in [0.3, 0.4) is 0 Å². The van der Waals surface area contributed by atoms with Crippen LogP contribution >= 0.6 is 11.3 Å². The summed E-state index contributed by atoms with van der Waals surface area (Å²) >= 11 is 1.25. The number of halogens is 3. The molecular weight excluding hydrogens is 267 g/mol. The Morgan fingerprint density at radius 2 is 2.00 bits per heavy atom. The summed E-state index contributed by atoms with van der Waals surface area (Å²) in [5, 5.41) is 11.5. The van der Waals surface area contributed by atoms with E-state index >= 15 is 0 Å². The Labute approximate surface area is 104 Å². The lowest BCUT2D eigenvalue weighted by Gasteiger charge is -2.15. The van der Waals surface area contributed by atoms with Gasteiger partial charge < -0.3 is 9.84 Å². The summed E-state index contributed by atoms with van der Waals surface area (Å²) in [4.78, 5) is 3.86. The second-order valence-electron chi connectivity index (χ2n) is 3.40. The zero-order valence-electron chi connectivity index (χ0n) is 8.89. The van der Waals surface area contributed by atoms with Crippen molar-refractivity contribution >= 4 is 11.3 Å². The van der Waals surface area contributed by atoms with Crippen LogP contribution in [0.2, 0.25) is 0 Å². The van der Waals surface area contributed by atoms with Crippen molar-refractivity contribution in [1.29, 1.82) is 0 Å². The molecule has 1 aromatic carbocycles. The topological polar surface area (TPSA) is 42.4 Å². The highest BCUT2D eigenvalue weighted by Gasteiger charge is 2.33. The number of hydrogen-bond acceptors (Lipinski definition) is 4. The average Bonchev–Trinajstić information content (AvgIpc) is 2.80. The Hall–Kier alpha value is -1.60. The Bertz CT molecular complexity index is 513. The Kier molecular flexibility index (Phi) is 3.53. The van der Waals surface area contributed by atoms with Crippen molar-refractivity contribution in [2.75, 3.05) is 0 Å². The molecule has 3 nitrogen and oxygen atoms in total. The molecule has 0 spiro atoms. The first kappa shape index (κ1) is 12.8. The number of nitrogens with zero attached hydrogens (tertiary/aromatic N) is 1. The third-order valence-electron chi connectivity index (χ3n) is 2.17. The lowest BCUT2D eigenvalue weighted by molar-refractivity contribution is -0.275. The van der Waals surface area contributed by atoms with Gasteiger partial charge in [0.2, 0.25) is 0 Å². The molecule has 2 rings (SSSR count). The van der Waals surface area contributed by atoms with Crippen molar-refractivity contribution in [2.24, 2.45) is 0 Å². The predicted molar refractivity (Wildman–Crippen MR) is 59.3 cm³/mol. The van der Waals surface area contributed by atoms with Gasteiger partial charge in [-0.15, -0.1) is 24.5 Å². The lowest BCUT2D eigenvalue weighted by atomic mass is 10.1. The molecule has 1 unspecified atom stereocenters. The molecule has 0 saturated carbocycles. The molecule has 0 saturated heterocycles. The zero-order valence-corrected chi connectivity index (χ0v) is 9.70. The zero-order chi connectivity index (χ0) is 13.2. The number of benzene rings is 1. The van der Waals surface area contributed by atoms with Gasteiger partial charge in [-0.3, -0.25) is 0 Å². The second-order valence-corrected chi connectivity index (χ2v) is 4.12. The third-order valence-corrected chi connectivity index (χ3v) is 2.78. The summed E-state index contributed by atoms with van der Waals surface area (Å²) in [7, 11) is 0. The van der Waals surface area contributed by atoms with Crippen molar-refractivity contribution in [2.45, 2.75) is 12.5 Å². The van der Waals surface area contributed by atoms with Gasteiger partial charge >= 0.3 is 6.36 Å². The molecule has 2 aromatic rings. The van der Waals surface area contributed by atoms with Crippen molar-refractivity contribution in [3.8, 4) is 5.75 Å². The second kappa shape index (κ2) is 4.95. The largest absolute Gasteiger partial charge is 0.573 e. The van der Waals surface area contributed by atoms with Crippen LogP contribution in [0.4, 0.5) is 13.2 Å². The minimum absolute atomic E-state index is 0.0284. The van der Waals surface area contributed by atoms with Crippen molar-refractivity contribution in [3.63, 3.8) is 0 Å². The average molecular weight is 275 g/mol. The molecule has 0 radical (unpaired) electrons. The summed E-state index contributed by atoms with van der Waals surface area (Å²) in [5.74, 6) is -0.425. The van der Waals surface area contributed by atoms with Crippen LogP contribution in [0.5, 0.6) is 5.75 Å². The van der Waals surface area contributed by atoms with E-state index in [0.717, 1.165) is 6.07 Å². The third kappa shape index (κ3) is 2.99. The predicted octanol–water partition coefficient (Wildman–Crippen LogP) is 3.12. The molecule has 0 aliphatic carbocycles. The highest BCUT2D eigenvalue weighted by Crippen LogP contribution is 2.32. The first-order chi connectivity index (χ1) is 8.47. The Balaban J connectivity index is 2.33. The van der Waals surface area contributed by atoms with E-state index in [1.165, 1.54) is 35.0 Å². The summed E-state index contributed by atoms with van der Waals surface area (Å²) < 4.78 is 40.5. The Morgan fingerprint density at radius 1 is 1.28 bits per heavy atom. The van der Waals surface area contributed by atoms with Gasteiger partial charge in [0.05, 0.1) is 11.2 Å². The van der Waals surface area contributed by atoms with Crippen LogP contribution in [0.15, 0.2) is 35.2 Å². The molecule has 18 heavy (non-hydrogen) atoms. The molecule has 1 atom stereocenters. The summed E-state index contributed by atoms with van der Waals surface area (Å²) in [6.07, 6.45) is -6.03. The number of aromatic nitrogens is 1. The molecule has 0 bridgehead atoms. The molecule has 0 amide bonds. The van der Waals surface area contributed by atoms with Crippen LogP contribution in [0, 0.1) is 0 Å². The van der Waals surface area contributed by atoms with E-state index < -0.39 is 18.2 Å². The van der Waals surface area contributed by atoms with Crippen LogP contribution < -0.4 is 4.74 Å². The van der Waals surface area contributed by atoms with Gasteiger partial charge in [-0.25, -0.2) is 4.98 Å². The molecule has 1 N–H and O–H groups in total. The van der Waals surface area contributed by atoms with E-state index in [9.17, 15) is 18.3 Å². The highest BCUT2D eigenvalue weighted by molar-refractivity contribution is 7.07. The maximum absolute atomic E-state index is 12.2. The standard InChI is InChI=1S/C11H8F3NO2S/c12-11(13,14)17-9-4-2-1-3-7(9)10(16)8-5-18-6-15-8/h1-6,10,16H. The molecular formula is C11H8F3NO2S. The number of ether oxygens (including phenoxy) is 1. The lowest BCUT2D eigenvalue weighted by Crippen LogP contribution is -2.18. The first-order valence-electron chi connectivity index (χ1n) is 4.88. The van der Waals surface area contributed by atoms with E-state index in [-0.39, 0.29) is 5.56 Å². The fourth-order valence-electron chi connectivity index (χ4n) is 1.44. The number of hydrogen-bond donors (Lipinski definition) is 1. The first-order valence-corrected chi connectivity index (χ1v) is 5.82. The summed E-state index contributed by atoms with van der Waals surface area (Å²) in [6, 6.07) is 5.44. The van der Waals surface area contributed by atoms with E-state index in [1.54, 1.807) is 5.38 Å². The quantitative estimate of drug-likeness (QED) is 0.935. The number of alkyl halides is 3. The number of thiazole rings is 1. The van der Waals surface area contributed by atoms with E-state index in [1.807, 2.05) is 0 Å². The van der Waals surface area contributed by atoms with Crippen LogP contribution in [-0.4, -0.2) is 16.5 Å². The number of rotatable bonds is 3. The smallest absolute Gasteiger partial charge is 0.405 e. The van der Waals surface area contributed by atoms with Gasteiger partial charge in [-0.2, -0.15) is 0 Å². The number of para-hydroxylation sites is 1. The van der Waals surface area contributed by atoms with E-state index in [0.29, 0.717) is 5.69 Å². The minimum Gasteiger partial charge on any atom is -0.405 e. The van der Waals surface area contributed by atoms with Crippen LogP contribution in [0.1, 0.15) is 17.4 Å². The van der Waals surface area contributed by atoms with Crippen molar-refractivity contribution < 1.29 is 23.0 Å². The maximum atomic E-state index is 12.2. The molecule has 1 heterocycles. The highest BCUT2D eigenvalue weighted by atomic mass is 32.1. The summed E-state index contributed by atoms with van der Waals surface area (Å²) in [5.41, 5.74) is 1.81. The molecule has 0 fully saturated rings. The van der Waals surface area contributed by atoms with E-state index in [2.05, 4.69) is 9.72 Å². The van der Waals surface area contributed by atoms with Gasteiger partial charge in [-0.05, 0) is 6.07 Å². The summed E-state index contributed by atoms with van der Waals surface area (Å²) in [6.45, 7) is 0. The fraction of sp³-hybridized carbons (Fsp3) is 0.182. The minimum atomic E-state index is -4.79. The monoisotopic (exact) mass is 275 g/mol. The molecule has 0 aliphatic heterocycles. The van der Waals surface area contributed by atoms with E-state index in [4.69, 9.17) is 0 Å². The van der Waals surface area contributed by atoms with Crippen LogP contribution in [-0.2, 0) is 0 Å². The molecule has 96 valence electrons. The fourth-order valence-corrected chi connectivity index (χ4v) is 2.01. The molecule has 7 heteroatoms. The van der Waals surface area contributed by atoms with Crippen molar-refractivity contribution in [3.05, 3.63) is 46.4 Å². The van der Waals surface area contributed by atoms with Gasteiger partial charge in [0.1, 0.15) is 11.9 Å². The van der Waals surface area contributed by atoms with Gasteiger partial charge in [0.15, 0.2) is 0 Å². The Morgan fingerprint density at radius 3 is 2.61 bits per heavy atom. The van der Waals surface area contributed by atoms with Gasteiger partial charge in [0.25, 0.3) is 0 Å². The number of aliphatic hydroxyl groups is 1. The van der Waals surface area contributed by atoms with Gasteiger partial charge in [-0.1, -0.05) is 18.2 Å². The van der Waals surface area contributed by atoms with Gasteiger partial charge in [0, 0.05) is 10.9 Å².